The lowest BCUT2D eigenvalue weighted by atomic mass is 9.97. The smallest absolute Gasteiger partial charge is 0.123 e. The number of hydrogen-bond acceptors (Lipinski definition) is 3. The number of halogens is 2. The third-order valence-corrected chi connectivity index (χ3v) is 4.51. The molecule has 0 spiro atoms. The maximum absolute atomic E-state index is 13.5. The molecule has 1 heterocycles. The van der Waals surface area contributed by atoms with E-state index in [1.54, 1.807) is 6.07 Å². The van der Waals surface area contributed by atoms with Gasteiger partial charge in [-0.05, 0) is 51.3 Å². The van der Waals surface area contributed by atoms with Crippen molar-refractivity contribution in [3.05, 3.63) is 34.6 Å². The molecule has 1 aromatic rings. The fraction of sp³-hybridized carbons (Fsp3) is 0.600. The third kappa shape index (κ3) is 3.70. The van der Waals surface area contributed by atoms with Crippen molar-refractivity contribution in [2.75, 3.05) is 40.8 Å². The van der Waals surface area contributed by atoms with Crippen molar-refractivity contribution in [1.29, 1.82) is 0 Å². The zero-order valence-corrected chi connectivity index (χ0v) is 13.1. The van der Waals surface area contributed by atoms with Crippen LogP contribution in [0.2, 0.25) is 5.02 Å². The standard InChI is InChI=1S/C15H23ClFN3/c1-18-15(13-8-11(17)4-5-14(13)16)9-12-10-19(2)6-7-20(12)3/h4-5,8,12,15,18H,6-7,9-10H2,1-3H3. The number of nitrogens with one attached hydrogen (secondary N) is 1. The molecule has 20 heavy (non-hydrogen) atoms. The Morgan fingerprint density at radius 1 is 1.40 bits per heavy atom. The van der Waals surface area contributed by atoms with E-state index >= 15 is 0 Å². The molecule has 0 bridgehead atoms. The van der Waals surface area contributed by atoms with E-state index in [0.29, 0.717) is 11.1 Å². The van der Waals surface area contributed by atoms with Crippen molar-refractivity contribution in [3.63, 3.8) is 0 Å². The molecule has 1 fully saturated rings. The quantitative estimate of drug-likeness (QED) is 0.921. The van der Waals surface area contributed by atoms with Crippen LogP contribution in [0.1, 0.15) is 18.0 Å². The van der Waals surface area contributed by atoms with Gasteiger partial charge in [-0.25, -0.2) is 4.39 Å². The second-order valence-corrected chi connectivity index (χ2v) is 6.05. The highest BCUT2D eigenvalue weighted by molar-refractivity contribution is 6.31. The molecule has 0 radical (unpaired) electrons. The Hall–Kier alpha value is -0.680. The predicted molar refractivity (Wildman–Crippen MR) is 81.7 cm³/mol. The van der Waals surface area contributed by atoms with Gasteiger partial charge in [-0.2, -0.15) is 0 Å². The summed E-state index contributed by atoms with van der Waals surface area (Å²) in [5.74, 6) is -0.237. The molecule has 1 aromatic carbocycles. The Bertz CT molecular complexity index is 455. The largest absolute Gasteiger partial charge is 0.313 e. The van der Waals surface area contributed by atoms with E-state index in [-0.39, 0.29) is 11.9 Å². The van der Waals surface area contributed by atoms with Crippen LogP contribution in [0.25, 0.3) is 0 Å². The predicted octanol–water partition coefficient (Wildman–Crippen LogP) is 2.38. The van der Waals surface area contributed by atoms with Crippen molar-refractivity contribution in [3.8, 4) is 0 Å². The number of piperazine rings is 1. The van der Waals surface area contributed by atoms with Gasteiger partial charge in [0.2, 0.25) is 0 Å². The zero-order valence-electron chi connectivity index (χ0n) is 12.4. The molecule has 3 nitrogen and oxygen atoms in total. The lowest BCUT2D eigenvalue weighted by molar-refractivity contribution is 0.102. The highest BCUT2D eigenvalue weighted by Gasteiger charge is 2.26. The van der Waals surface area contributed by atoms with Gasteiger partial charge in [0.25, 0.3) is 0 Å². The molecule has 0 amide bonds. The van der Waals surface area contributed by atoms with Crippen LogP contribution < -0.4 is 5.32 Å². The number of likely N-dealkylation sites (N-methyl/N-ethyl adjacent to an activating group) is 2. The lowest BCUT2D eigenvalue weighted by Gasteiger charge is -2.39. The van der Waals surface area contributed by atoms with Crippen LogP contribution in [0.15, 0.2) is 18.2 Å². The van der Waals surface area contributed by atoms with E-state index < -0.39 is 0 Å². The fourth-order valence-corrected chi connectivity index (χ4v) is 3.06. The van der Waals surface area contributed by atoms with Gasteiger partial charge in [0.15, 0.2) is 0 Å². The topological polar surface area (TPSA) is 18.5 Å². The van der Waals surface area contributed by atoms with Crippen molar-refractivity contribution in [2.45, 2.75) is 18.5 Å². The van der Waals surface area contributed by atoms with Crippen LogP contribution in [-0.4, -0.2) is 56.6 Å². The molecule has 2 rings (SSSR count). The molecule has 5 heteroatoms. The Morgan fingerprint density at radius 2 is 2.15 bits per heavy atom. The van der Waals surface area contributed by atoms with Crippen LogP contribution in [0, 0.1) is 5.82 Å². The molecule has 0 aliphatic carbocycles. The van der Waals surface area contributed by atoms with Gasteiger partial charge in [-0.3, -0.25) is 0 Å². The molecular weight excluding hydrogens is 277 g/mol. The molecule has 2 atom stereocenters. The van der Waals surface area contributed by atoms with Gasteiger partial charge in [0, 0.05) is 36.7 Å². The summed E-state index contributed by atoms with van der Waals surface area (Å²) in [6, 6.07) is 5.09. The highest BCUT2D eigenvalue weighted by atomic mass is 35.5. The molecule has 2 unspecified atom stereocenters. The summed E-state index contributed by atoms with van der Waals surface area (Å²) < 4.78 is 13.5. The van der Waals surface area contributed by atoms with Crippen LogP contribution in [0.3, 0.4) is 0 Å². The highest BCUT2D eigenvalue weighted by Crippen LogP contribution is 2.28. The monoisotopic (exact) mass is 299 g/mol. The first-order chi connectivity index (χ1) is 9.51. The number of hydrogen-bond donors (Lipinski definition) is 1. The zero-order chi connectivity index (χ0) is 14.7. The summed E-state index contributed by atoms with van der Waals surface area (Å²) in [7, 11) is 6.19. The van der Waals surface area contributed by atoms with Crippen LogP contribution in [0.5, 0.6) is 0 Å². The molecule has 1 aliphatic heterocycles. The van der Waals surface area contributed by atoms with Crippen LogP contribution >= 0.6 is 11.6 Å². The minimum Gasteiger partial charge on any atom is -0.313 e. The van der Waals surface area contributed by atoms with Crippen molar-refractivity contribution < 1.29 is 4.39 Å². The Balaban J connectivity index is 2.13. The Labute approximate surface area is 125 Å². The van der Waals surface area contributed by atoms with Crippen LogP contribution in [-0.2, 0) is 0 Å². The first kappa shape index (κ1) is 15.7. The Kier molecular flexibility index (Phi) is 5.38. The molecule has 1 N–H and O–H groups in total. The van der Waals surface area contributed by atoms with E-state index in [2.05, 4.69) is 29.2 Å². The average Bonchev–Trinajstić information content (AvgIpc) is 2.42. The van der Waals surface area contributed by atoms with Gasteiger partial charge >= 0.3 is 0 Å². The maximum Gasteiger partial charge on any atom is 0.123 e. The molecule has 0 aromatic heterocycles. The first-order valence-corrected chi connectivity index (χ1v) is 7.40. The van der Waals surface area contributed by atoms with E-state index in [9.17, 15) is 4.39 Å². The summed E-state index contributed by atoms with van der Waals surface area (Å²) >= 11 is 6.22. The van der Waals surface area contributed by atoms with Gasteiger partial charge < -0.3 is 15.1 Å². The minimum atomic E-state index is -0.237. The second kappa shape index (κ2) is 6.85. The van der Waals surface area contributed by atoms with Crippen LogP contribution in [0.4, 0.5) is 4.39 Å². The van der Waals surface area contributed by atoms with Crippen molar-refractivity contribution in [2.24, 2.45) is 0 Å². The van der Waals surface area contributed by atoms with E-state index in [0.717, 1.165) is 31.6 Å². The Morgan fingerprint density at radius 3 is 2.85 bits per heavy atom. The summed E-state index contributed by atoms with van der Waals surface area (Å²) in [6.07, 6.45) is 0.917. The molecule has 1 aliphatic rings. The molecule has 1 saturated heterocycles. The first-order valence-electron chi connectivity index (χ1n) is 7.02. The second-order valence-electron chi connectivity index (χ2n) is 5.64. The SMILES string of the molecule is CNC(CC1CN(C)CCN1C)c1cc(F)ccc1Cl. The third-order valence-electron chi connectivity index (χ3n) is 4.17. The minimum absolute atomic E-state index is 0.0668. The molecule has 112 valence electrons. The lowest BCUT2D eigenvalue weighted by Crippen LogP contribution is -2.50. The van der Waals surface area contributed by atoms with Crippen molar-refractivity contribution >= 4 is 11.6 Å². The van der Waals surface area contributed by atoms with E-state index in [1.165, 1.54) is 12.1 Å². The van der Waals surface area contributed by atoms with E-state index in [1.807, 2.05) is 7.05 Å². The van der Waals surface area contributed by atoms with Gasteiger partial charge in [0.1, 0.15) is 5.82 Å². The summed E-state index contributed by atoms with van der Waals surface area (Å²) in [4.78, 5) is 4.71. The molecule has 0 saturated carbocycles. The maximum atomic E-state index is 13.5. The van der Waals surface area contributed by atoms with Crippen molar-refractivity contribution in [1.82, 2.24) is 15.1 Å². The fourth-order valence-electron chi connectivity index (χ4n) is 2.81. The number of rotatable bonds is 4. The molecular formula is C15H23ClFN3. The van der Waals surface area contributed by atoms with Gasteiger partial charge in [-0.15, -0.1) is 0 Å². The number of benzene rings is 1. The van der Waals surface area contributed by atoms with Gasteiger partial charge in [-0.1, -0.05) is 11.6 Å². The van der Waals surface area contributed by atoms with E-state index in [4.69, 9.17) is 11.6 Å². The summed E-state index contributed by atoms with van der Waals surface area (Å²) in [5, 5.41) is 3.90. The summed E-state index contributed by atoms with van der Waals surface area (Å²) in [5.41, 5.74) is 0.843. The van der Waals surface area contributed by atoms with Gasteiger partial charge in [0.05, 0.1) is 0 Å². The number of nitrogens with zero attached hydrogens (tertiary/aromatic N) is 2. The normalized spacial score (nSPS) is 22.9. The summed E-state index contributed by atoms with van der Waals surface area (Å²) in [6.45, 7) is 3.19. The average molecular weight is 300 g/mol.